The van der Waals surface area contributed by atoms with E-state index in [0.717, 1.165) is 5.56 Å². The molecular formula is C15H15BrClNO2S. The van der Waals surface area contributed by atoms with Gasteiger partial charge in [0.2, 0.25) is 0 Å². The molecule has 2 rings (SSSR count). The molecule has 6 heteroatoms. The highest BCUT2D eigenvalue weighted by molar-refractivity contribution is 9.10. The van der Waals surface area contributed by atoms with Crippen LogP contribution in [0.15, 0.2) is 51.8 Å². The minimum atomic E-state index is -3.62. The van der Waals surface area contributed by atoms with Gasteiger partial charge < -0.3 is 0 Å². The summed E-state index contributed by atoms with van der Waals surface area (Å²) in [6, 6.07) is 12.0. The van der Waals surface area contributed by atoms with Gasteiger partial charge >= 0.3 is 0 Å². The van der Waals surface area contributed by atoms with Crippen LogP contribution >= 0.6 is 27.5 Å². The van der Waals surface area contributed by atoms with E-state index < -0.39 is 10.0 Å². The Kier molecular flexibility index (Phi) is 4.96. The monoisotopic (exact) mass is 387 g/mol. The highest BCUT2D eigenvalue weighted by Gasteiger charge is 2.24. The Morgan fingerprint density at radius 1 is 1.19 bits per heavy atom. The second kappa shape index (κ2) is 6.38. The Labute approximate surface area is 138 Å². The van der Waals surface area contributed by atoms with Crippen LogP contribution < -0.4 is 4.31 Å². The van der Waals surface area contributed by atoms with Crippen LogP contribution in [0.3, 0.4) is 0 Å². The molecule has 21 heavy (non-hydrogen) atoms. The van der Waals surface area contributed by atoms with Crippen molar-refractivity contribution in [3.8, 4) is 0 Å². The molecule has 0 fully saturated rings. The zero-order valence-electron chi connectivity index (χ0n) is 11.7. The summed E-state index contributed by atoms with van der Waals surface area (Å²) >= 11 is 9.19. The SMILES string of the molecule is CCN(c1cccc(C)c1)S(=O)(=O)c1ccc(Cl)c(Br)c1. The Bertz CT molecular complexity index is 762. The van der Waals surface area contributed by atoms with E-state index in [4.69, 9.17) is 11.6 Å². The second-order valence-corrected chi connectivity index (χ2v) is 7.71. The maximum Gasteiger partial charge on any atom is 0.264 e. The zero-order chi connectivity index (χ0) is 15.6. The van der Waals surface area contributed by atoms with Crippen molar-refractivity contribution in [3.05, 3.63) is 57.5 Å². The first-order valence-corrected chi connectivity index (χ1v) is 9.02. The summed E-state index contributed by atoms with van der Waals surface area (Å²) in [6.07, 6.45) is 0. The molecule has 0 aliphatic rings. The molecule has 0 radical (unpaired) electrons. The fourth-order valence-corrected chi connectivity index (χ4v) is 4.18. The molecule has 0 bridgehead atoms. The maximum absolute atomic E-state index is 12.8. The zero-order valence-corrected chi connectivity index (χ0v) is 14.8. The summed E-state index contributed by atoms with van der Waals surface area (Å²) in [6.45, 7) is 4.10. The Morgan fingerprint density at radius 3 is 2.48 bits per heavy atom. The molecule has 0 unspecified atom stereocenters. The number of hydrogen-bond donors (Lipinski definition) is 0. The molecule has 0 spiro atoms. The van der Waals surface area contributed by atoms with Gasteiger partial charge in [-0.1, -0.05) is 23.7 Å². The van der Waals surface area contributed by atoms with Crippen LogP contribution in [0, 0.1) is 6.92 Å². The molecule has 0 heterocycles. The van der Waals surface area contributed by atoms with E-state index in [1.165, 1.54) is 16.4 Å². The number of halogens is 2. The van der Waals surface area contributed by atoms with Gasteiger partial charge in [-0.2, -0.15) is 0 Å². The number of aryl methyl sites for hydroxylation is 1. The van der Waals surface area contributed by atoms with Crippen LogP contribution in [0.5, 0.6) is 0 Å². The van der Waals surface area contributed by atoms with Gasteiger partial charge in [0.25, 0.3) is 10.0 Å². The molecule has 112 valence electrons. The Balaban J connectivity index is 2.51. The van der Waals surface area contributed by atoms with Gasteiger partial charge in [-0.25, -0.2) is 8.42 Å². The quantitative estimate of drug-likeness (QED) is 0.766. The number of sulfonamides is 1. The van der Waals surface area contributed by atoms with E-state index in [0.29, 0.717) is 21.7 Å². The van der Waals surface area contributed by atoms with Gasteiger partial charge in [-0.05, 0) is 65.7 Å². The Hall–Kier alpha value is -1.04. The summed E-state index contributed by atoms with van der Waals surface area (Å²) in [7, 11) is -3.62. The molecule has 3 nitrogen and oxygen atoms in total. The van der Waals surface area contributed by atoms with Crippen molar-refractivity contribution in [2.24, 2.45) is 0 Å². The van der Waals surface area contributed by atoms with E-state index >= 15 is 0 Å². The minimum Gasteiger partial charge on any atom is -0.267 e. The van der Waals surface area contributed by atoms with E-state index in [-0.39, 0.29) is 4.90 Å². The minimum absolute atomic E-state index is 0.210. The number of anilines is 1. The Morgan fingerprint density at radius 2 is 1.90 bits per heavy atom. The highest BCUT2D eigenvalue weighted by atomic mass is 79.9. The van der Waals surface area contributed by atoms with Crippen LogP contribution in [-0.4, -0.2) is 15.0 Å². The second-order valence-electron chi connectivity index (χ2n) is 4.58. The highest BCUT2D eigenvalue weighted by Crippen LogP contribution is 2.29. The normalized spacial score (nSPS) is 11.4. The van der Waals surface area contributed by atoms with Gasteiger partial charge in [-0.15, -0.1) is 0 Å². The fraction of sp³-hybridized carbons (Fsp3) is 0.200. The average Bonchev–Trinajstić information content (AvgIpc) is 2.42. The lowest BCUT2D eigenvalue weighted by Crippen LogP contribution is -2.30. The lowest BCUT2D eigenvalue weighted by molar-refractivity contribution is 0.592. The summed E-state index contributed by atoms with van der Waals surface area (Å²) in [4.78, 5) is 0.210. The molecule has 0 atom stereocenters. The van der Waals surface area contributed by atoms with Crippen molar-refractivity contribution in [1.82, 2.24) is 0 Å². The standard InChI is InChI=1S/C15H15BrClNO2S/c1-3-18(12-6-4-5-11(2)9-12)21(19,20)13-7-8-15(17)14(16)10-13/h4-10H,3H2,1-2H3. The summed E-state index contributed by atoms with van der Waals surface area (Å²) in [5.41, 5.74) is 1.67. The molecule has 0 saturated carbocycles. The van der Waals surface area contributed by atoms with E-state index in [2.05, 4.69) is 15.9 Å². The van der Waals surface area contributed by atoms with Crippen LogP contribution in [0.2, 0.25) is 5.02 Å². The topological polar surface area (TPSA) is 37.4 Å². The van der Waals surface area contributed by atoms with Crippen LogP contribution in [-0.2, 0) is 10.0 Å². The fourth-order valence-electron chi connectivity index (χ4n) is 2.04. The molecule has 0 amide bonds. The lowest BCUT2D eigenvalue weighted by Gasteiger charge is -2.23. The molecule has 0 aromatic heterocycles. The molecule has 0 aliphatic heterocycles. The van der Waals surface area contributed by atoms with Crippen molar-refractivity contribution in [2.45, 2.75) is 18.7 Å². The molecule has 2 aromatic carbocycles. The van der Waals surface area contributed by atoms with Gasteiger partial charge in [0, 0.05) is 11.0 Å². The van der Waals surface area contributed by atoms with Crippen LogP contribution in [0.1, 0.15) is 12.5 Å². The summed E-state index contributed by atoms with van der Waals surface area (Å²) < 4.78 is 27.5. The predicted molar refractivity (Wildman–Crippen MR) is 90.5 cm³/mol. The lowest BCUT2D eigenvalue weighted by atomic mass is 10.2. The van der Waals surface area contributed by atoms with Crippen molar-refractivity contribution < 1.29 is 8.42 Å². The maximum atomic E-state index is 12.8. The molecule has 0 N–H and O–H groups in total. The van der Waals surface area contributed by atoms with E-state index in [9.17, 15) is 8.42 Å². The largest absolute Gasteiger partial charge is 0.267 e. The van der Waals surface area contributed by atoms with Crippen molar-refractivity contribution in [3.63, 3.8) is 0 Å². The number of nitrogens with zero attached hydrogens (tertiary/aromatic N) is 1. The molecule has 2 aromatic rings. The first kappa shape index (κ1) is 16.3. The first-order valence-electron chi connectivity index (χ1n) is 6.40. The number of benzene rings is 2. The van der Waals surface area contributed by atoms with E-state index in [1.807, 2.05) is 32.0 Å². The third-order valence-electron chi connectivity index (χ3n) is 3.06. The van der Waals surface area contributed by atoms with Gasteiger partial charge in [0.05, 0.1) is 15.6 Å². The van der Waals surface area contributed by atoms with Crippen LogP contribution in [0.4, 0.5) is 5.69 Å². The average molecular weight is 389 g/mol. The summed E-state index contributed by atoms with van der Waals surface area (Å²) in [5.74, 6) is 0. The predicted octanol–water partition coefficient (Wildman–Crippen LogP) is 4.63. The third kappa shape index (κ3) is 3.42. The van der Waals surface area contributed by atoms with Gasteiger partial charge in [0.1, 0.15) is 0 Å². The number of hydrogen-bond acceptors (Lipinski definition) is 2. The first-order chi connectivity index (χ1) is 9.86. The van der Waals surface area contributed by atoms with Gasteiger partial charge in [-0.3, -0.25) is 4.31 Å². The smallest absolute Gasteiger partial charge is 0.264 e. The summed E-state index contributed by atoms with van der Waals surface area (Å²) in [5, 5.41) is 0.479. The molecular weight excluding hydrogens is 374 g/mol. The van der Waals surface area contributed by atoms with E-state index in [1.54, 1.807) is 12.1 Å². The van der Waals surface area contributed by atoms with Crippen LogP contribution in [0.25, 0.3) is 0 Å². The molecule has 0 aliphatic carbocycles. The number of rotatable bonds is 4. The van der Waals surface area contributed by atoms with Crippen molar-refractivity contribution >= 4 is 43.2 Å². The van der Waals surface area contributed by atoms with Gasteiger partial charge in [0.15, 0.2) is 0 Å². The van der Waals surface area contributed by atoms with Crippen molar-refractivity contribution in [1.29, 1.82) is 0 Å². The third-order valence-corrected chi connectivity index (χ3v) is 6.17. The molecule has 0 saturated heterocycles. The van der Waals surface area contributed by atoms with Crippen molar-refractivity contribution in [2.75, 3.05) is 10.8 Å².